The van der Waals surface area contributed by atoms with Gasteiger partial charge in [0.05, 0.1) is 24.6 Å². The van der Waals surface area contributed by atoms with Crippen LogP contribution < -0.4 is 19.7 Å². The molecule has 1 N–H and O–H groups in total. The Hall–Kier alpha value is -3.36. The first-order chi connectivity index (χ1) is 17.6. The van der Waals surface area contributed by atoms with Gasteiger partial charge >= 0.3 is 0 Å². The summed E-state index contributed by atoms with van der Waals surface area (Å²) in [5.41, 5.74) is 6.55. The van der Waals surface area contributed by atoms with E-state index in [1.54, 1.807) is 0 Å². The Morgan fingerprint density at radius 2 is 1.83 bits per heavy atom. The highest BCUT2D eigenvalue weighted by Gasteiger charge is 2.26. The molecular weight excluding hydrogens is 454 g/mol. The third kappa shape index (κ3) is 4.70. The van der Waals surface area contributed by atoms with Gasteiger partial charge in [0.2, 0.25) is 5.95 Å². The lowest BCUT2D eigenvalue weighted by molar-refractivity contribution is 0.0765. The molecule has 1 fully saturated rings. The lowest BCUT2D eigenvalue weighted by Gasteiger charge is -2.24. The quantitative estimate of drug-likeness (QED) is 0.583. The molecule has 188 valence electrons. The molecule has 3 aliphatic rings. The topological polar surface area (TPSA) is 72.0 Å². The number of hydrogen-bond donors (Lipinski definition) is 1. The molecule has 2 aliphatic heterocycles. The number of nitrogens with one attached hydrogen (secondary N) is 1. The predicted molar refractivity (Wildman–Crippen MR) is 141 cm³/mol. The van der Waals surface area contributed by atoms with E-state index in [9.17, 15) is 0 Å². The Kier molecular flexibility index (Phi) is 6.37. The summed E-state index contributed by atoms with van der Waals surface area (Å²) in [5, 5.41) is 3.41. The number of rotatable bonds is 2. The van der Waals surface area contributed by atoms with Gasteiger partial charge in [-0.25, -0.2) is 9.97 Å². The van der Waals surface area contributed by atoms with Crippen LogP contribution in [0.15, 0.2) is 42.6 Å². The molecule has 1 aromatic heterocycles. The van der Waals surface area contributed by atoms with Crippen molar-refractivity contribution in [3.8, 4) is 22.8 Å². The molecule has 0 spiro atoms. The number of hydrogen-bond acceptors (Lipinski definition) is 8. The molecule has 0 radical (unpaired) electrons. The lowest BCUT2D eigenvalue weighted by Crippen LogP contribution is -2.31. The molecule has 6 rings (SSSR count). The highest BCUT2D eigenvalue weighted by molar-refractivity contribution is 5.73. The monoisotopic (exact) mass is 487 g/mol. The fourth-order valence-electron chi connectivity index (χ4n) is 5.25. The van der Waals surface area contributed by atoms with Crippen LogP contribution >= 0.6 is 0 Å². The summed E-state index contributed by atoms with van der Waals surface area (Å²) in [7, 11) is 4.29. The van der Waals surface area contributed by atoms with Crippen molar-refractivity contribution in [2.45, 2.75) is 25.3 Å². The molecule has 1 atom stereocenters. The Morgan fingerprint density at radius 1 is 0.972 bits per heavy atom. The van der Waals surface area contributed by atoms with Crippen molar-refractivity contribution in [3.63, 3.8) is 0 Å². The molecule has 1 saturated heterocycles. The minimum Gasteiger partial charge on any atom is -0.491 e. The van der Waals surface area contributed by atoms with Crippen molar-refractivity contribution in [3.05, 3.63) is 53.7 Å². The van der Waals surface area contributed by atoms with Crippen LogP contribution in [-0.4, -0.2) is 74.5 Å². The smallest absolute Gasteiger partial charge is 0.227 e. The van der Waals surface area contributed by atoms with Gasteiger partial charge in [-0.1, -0.05) is 6.07 Å². The van der Waals surface area contributed by atoms with Crippen molar-refractivity contribution >= 4 is 17.3 Å². The van der Waals surface area contributed by atoms with Crippen LogP contribution in [0.1, 0.15) is 17.5 Å². The van der Waals surface area contributed by atoms with E-state index in [0.717, 1.165) is 72.0 Å². The Balaban J connectivity index is 1.34. The van der Waals surface area contributed by atoms with Gasteiger partial charge in [0.25, 0.3) is 0 Å². The van der Waals surface area contributed by atoms with E-state index >= 15 is 0 Å². The van der Waals surface area contributed by atoms with Gasteiger partial charge in [-0.05, 0) is 68.8 Å². The molecule has 6 bridgehead atoms. The third-order valence-electron chi connectivity index (χ3n) is 7.30. The van der Waals surface area contributed by atoms with E-state index in [2.05, 4.69) is 58.5 Å². The van der Waals surface area contributed by atoms with E-state index < -0.39 is 0 Å². The summed E-state index contributed by atoms with van der Waals surface area (Å²) in [6, 6.07) is 13.1. The summed E-state index contributed by atoms with van der Waals surface area (Å²) >= 11 is 0. The average molecular weight is 488 g/mol. The predicted octanol–water partition coefficient (Wildman–Crippen LogP) is 3.91. The zero-order valence-corrected chi connectivity index (χ0v) is 21.0. The third-order valence-corrected chi connectivity index (χ3v) is 7.30. The summed E-state index contributed by atoms with van der Waals surface area (Å²) in [4.78, 5) is 14.3. The van der Waals surface area contributed by atoms with E-state index in [-0.39, 0.29) is 0 Å². The second-order valence-electron chi connectivity index (χ2n) is 9.86. The zero-order chi connectivity index (χ0) is 24.5. The van der Waals surface area contributed by atoms with Crippen LogP contribution in [0, 0.1) is 0 Å². The maximum atomic E-state index is 6.25. The standard InChI is InChI=1S/C28H33N5O3/c1-32(2)22-9-10-33(18-22)25-8-6-21-15-26(25)36-14-12-34-11-13-35-23-7-5-19-3-4-20-17-29-28(30-21)31-27(20)24(19)16-23/h5-8,15-17,22H,3-4,9-14,18H2,1-2H3,(H,29,30,31). The highest BCUT2D eigenvalue weighted by Crippen LogP contribution is 2.37. The number of benzene rings is 2. The molecule has 1 unspecified atom stereocenters. The number of fused-ring (bicyclic) bond motifs is 4. The number of anilines is 3. The molecule has 8 nitrogen and oxygen atoms in total. The van der Waals surface area contributed by atoms with Crippen LogP contribution in [-0.2, 0) is 17.6 Å². The molecule has 3 heterocycles. The second-order valence-corrected chi connectivity index (χ2v) is 9.86. The van der Waals surface area contributed by atoms with Gasteiger partial charge in [0.15, 0.2) is 0 Å². The lowest BCUT2D eigenvalue weighted by atomic mass is 9.90. The van der Waals surface area contributed by atoms with E-state index in [0.29, 0.717) is 38.4 Å². The molecule has 1 aliphatic carbocycles. The molecule has 36 heavy (non-hydrogen) atoms. The maximum Gasteiger partial charge on any atom is 0.227 e. The van der Waals surface area contributed by atoms with Gasteiger partial charge in [0.1, 0.15) is 24.7 Å². The zero-order valence-electron chi connectivity index (χ0n) is 21.0. The van der Waals surface area contributed by atoms with Crippen LogP contribution in [0.5, 0.6) is 11.5 Å². The van der Waals surface area contributed by atoms with E-state index in [1.807, 2.05) is 18.3 Å². The molecule has 2 aromatic carbocycles. The van der Waals surface area contributed by atoms with Gasteiger partial charge in [0, 0.05) is 42.6 Å². The number of nitrogens with zero attached hydrogens (tertiary/aromatic N) is 4. The van der Waals surface area contributed by atoms with Crippen LogP contribution in [0.2, 0.25) is 0 Å². The van der Waals surface area contributed by atoms with E-state index in [1.165, 1.54) is 5.56 Å². The van der Waals surface area contributed by atoms with Crippen molar-refractivity contribution in [1.82, 2.24) is 14.9 Å². The summed E-state index contributed by atoms with van der Waals surface area (Å²) in [6.45, 7) is 3.96. The maximum absolute atomic E-state index is 6.25. The van der Waals surface area contributed by atoms with Gasteiger partial charge in [-0.15, -0.1) is 0 Å². The molecule has 0 amide bonds. The molecule has 0 saturated carbocycles. The first kappa shape index (κ1) is 23.1. The summed E-state index contributed by atoms with van der Waals surface area (Å²) in [6.07, 6.45) is 5.00. The number of aromatic nitrogens is 2. The van der Waals surface area contributed by atoms with Crippen molar-refractivity contribution in [2.75, 3.05) is 63.8 Å². The first-order valence-electron chi connectivity index (χ1n) is 12.8. The van der Waals surface area contributed by atoms with Crippen LogP contribution in [0.4, 0.5) is 17.3 Å². The van der Waals surface area contributed by atoms with Gasteiger partial charge in [-0.3, -0.25) is 0 Å². The van der Waals surface area contributed by atoms with Gasteiger partial charge in [-0.2, -0.15) is 0 Å². The fraction of sp³-hybridized carbons (Fsp3) is 0.429. The summed E-state index contributed by atoms with van der Waals surface area (Å²) in [5.74, 6) is 2.25. The summed E-state index contributed by atoms with van der Waals surface area (Å²) < 4.78 is 18.0. The molecular formula is C28H33N5O3. The van der Waals surface area contributed by atoms with Gasteiger partial charge < -0.3 is 29.3 Å². The highest BCUT2D eigenvalue weighted by atomic mass is 16.5. The Morgan fingerprint density at radius 3 is 2.69 bits per heavy atom. The van der Waals surface area contributed by atoms with Crippen LogP contribution in [0.25, 0.3) is 11.3 Å². The first-order valence-corrected chi connectivity index (χ1v) is 12.8. The van der Waals surface area contributed by atoms with Crippen molar-refractivity contribution in [1.29, 1.82) is 0 Å². The fourth-order valence-corrected chi connectivity index (χ4v) is 5.25. The minimum absolute atomic E-state index is 0.468. The second kappa shape index (κ2) is 9.95. The number of aryl methyl sites for hydroxylation is 2. The Labute approximate surface area is 212 Å². The Bertz CT molecular complexity index is 1250. The SMILES string of the molecule is CN(C)C1CCN(c2ccc3cc2OCCOCCOc2ccc4c(c2)-c2nc(ncc2CC4)N3)C1. The van der Waals surface area contributed by atoms with Crippen LogP contribution in [0.3, 0.4) is 0 Å². The minimum atomic E-state index is 0.468. The van der Waals surface area contributed by atoms with E-state index in [4.69, 9.17) is 19.2 Å². The van der Waals surface area contributed by atoms with Crippen molar-refractivity contribution in [2.24, 2.45) is 0 Å². The van der Waals surface area contributed by atoms with Crippen molar-refractivity contribution < 1.29 is 14.2 Å². The largest absolute Gasteiger partial charge is 0.491 e. The average Bonchev–Trinajstić information content (AvgIpc) is 3.38. The normalized spacial score (nSPS) is 19.4. The number of likely N-dealkylation sites (N-methyl/N-ethyl adjacent to an activating group) is 1. The molecule has 8 heteroatoms. The number of ether oxygens (including phenoxy) is 3. The molecule has 3 aromatic rings.